The Labute approximate surface area is 58.3 Å². The lowest BCUT2D eigenvalue weighted by Crippen LogP contribution is -2.43. The Morgan fingerprint density at radius 1 is 1.09 bits per heavy atom. The van der Waals surface area contributed by atoms with Crippen molar-refractivity contribution in [3.8, 4) is 0 Å². The van der Waals surface area contributed by atoms with E-state index in [1.807, 2.05) is 0 Å². The number of aromatic nitrogens is 3. The summed E-state index contributed by atoms with van der Waals surface area (Å²) in [5.41, 5.74) is -3.03. The summed E-state index contributed by atoms with van der Waals surface area (Å²) in [6.07, 6.45) is 0.0110. The predicted octanol–water partition coefficient (Wildman–Crippen LogP) is -2.74. The van der Waals surface area contributed by atoms with Crippen LogP contribution in [0.3, 0.4) is 0 Å². The second kappa shape index (κ2) is 2.37. The molecule has 0 saturated heterocycles. The minimum absolute atomic E-state index is 0.0110. The van der Waals surface area contributed by atoms with Gasteiger partial charge in [-0.05, 0) is 0 Å². The predicted molar refractivity (Wildman–Crippen MR) is 34.1 cm³/mol. The molecule has 0 fully saturated rings. The summed E-state index contributed by atoms with van der Waals surface area (Å²) in [6.45, 7) is 0. The molecule has 2 N–H and O–H groups in total. The molecule has 7 nitrogen and oxygen atoms in total. The summed E-state index contributed by atoms with van der Waals surface area (Å²) in [5, 5.41) is 0. The van der Waals surface area contributed by atoms with Gasteiger partial charge in [-0.15, -0.1) is 0 Å². The number of aromatic amines is 2. The van der Waals surface area contributed by atoms with E-state index in [1.54, 1.807) is 9.97 Å². The number of rotatable bonds is 1. The Morgan fingerprint density at radius 3 is 1.91 bits per heavy atom. The molecule has 7 heteroatoms. The summed E-state index contributed by atoms with van der Waals surface area (Å²) < 4.78 is 0.210. The fourth-order valence-corrected chi connectivity index (χ4v) is 0.534. The van der Waals surface area contributed by atoms with Crippen molar-refractivity contribution in [2.24, 2.45) is 0 Å². The molecular formula is C4H3N3O4. The van der Waals surface area contributed by atoms with Crippen molar-refractivity contribution in [1.29, 1.82) is 0 Å². The first kappa shape index (κ1) is 7.19. The lowest BCUT2D eigenvalue weighted by Gasteiger charge is -1.87. The number of hydrogen-bond acceptors (Lipinski definition) is 4. The summed E-state index contributed by atoms with van der Waals surface area (Å²) in [5.74, 6) is 0. The molecule has 0 spiro atoms. The van der Waals surface area contributed by atoms with Crippen LogP contribution in [0.15, 0.2) is 14.4 Å². The summed E-state index contributed by atoms with van der Waals surface area (Å²) in [7, 11) is 0. The van der Waals surface area contributed by atoms with E-state index in [1.165, 1.54) is 0 Å². The maximum atomic E-state index is 10.5. The van der Waals surface area contributed by atoms with Gasteiger partial charge in [-0.25, -0.2) is 14.4 Å². The largest absolute Gasteiger partial charge is 0.340 e. The molecule has 0 aliphatic heterocycles. The monoisotopic (exact) mass is 157 g/mol. The Kier molecular flexibility index (Phi) is 1.55. The van der Waals surface area contributed by atoms with Crippen LogP contribution in [0.25, 0.3) is 0 Å². The van der Waals surface area contributed by atoms with Crippen LogP contribution in [-0.2, 0) is 4.79 Å². The highest BCUT2D eigenvalue weighted by atomic mass is 16.2. The van der Waals surface area contributed by atoms with Gasteiger partial charge in [0.15, 0.2) is 0 Å². The summed E-state index contributed by atoms with van der Waals surface area (Å²) in [4.78, 5) is 44.8. The maximum Gasteiger partial charge on any atom is 0.340 e. The van der Waals surface area contributed by atoms with E-state index in [4.69, 9.17) is 0 Å². The van der Waals surface area contributed by atoms with Crippen molar-refractivity contribution >= 4 is 6.41 Å². The minimum atomic E-state index is -1.05. The van der Waals surface area contributed by atoms with Crippen molar-refractivity contribution in [1.82, 2.24) is 14.5 Å². The van der Waals surface area contributed by atoms with E-state index in [9.17, 15) is 19.2 Å². The van der Waals surface area contributed by atoms with Crippen molar-refractivity contribution in [3.05, 3.63) is 31.5 Å². The lowest BCUT2D eigenvalue weighted by atomic mass is 10.9. The van der Waals surface area contributed by atoms with Gasteiger partial charge in [0.25, 0.3) is 0 Å². The van der Waals surface area contributed by atoms with Crippen LogP contribution in [0.4, 0.5) is 0 Å². The van der Waals surface area contributed by atoms with Crippen LogP contribution in [0, 0.1) is 0 Å². The Balaban J connectivity index is 3.77. The van der Waals surface area contributed by atoms with E-state index >= 15 is 0 Å². The second-order valence-corrected chi connectivity index (χ2v) is 1.66. The van der Waals surface area contributed by atoms with Gasteiger partial charge in [-0.3, -0.25) is 14.8 Å². The Hall–Kier alpha value is -1.92. The molecule has 0 amide bonds. The van der Waals surface area contributed by atoms with Crippen LogP contribution in [0.5, 0.6) is 0 Å². The number of hydrogen-bond donors (Lipinski definition) is 2. The van der Waals surface area contributed by atoms with Crippen molar-refractivity contribution in [2.75, 3.05) is 0 Å². The fraction of sp³-hybridized carbons (Fsp3) is 0. The highest BCUT2D eigenvalue weighted by Crippen LogP contribution is 1.46. The minimum Gasteiger partial charge on any atom is -0.278 e. The standard InChI is InChI=1S/C4H3N3O4/c8-1-7-3(10)5-2(9)6-4(7)11/h1H,(H2,5,6,9,10,11). The maximum absolute atomic E-state index is 10.5. The number of H-pyrrole nitrogens is 2. The molecule has 58 valence electrons. The van der Waals surface area contributed by atoms with Crippen LogP contribution in [0.1, 0.15) is 0 Å². The molecule has 1 aromatic rings. The molecule has 0 aliphatic carbocycles. The van der Waals surface area contributed by atoms with Gasteiger partial charge in [-0.2, -0.15) is 4.57 Å². The van der Waals surface area contributed by atoms with Crippen molar-refractivity contribution in [3.63, 3.8) is 0 Å². The number of nitrogens with one attached hydrogen (secondary N) is 2. The van der Waals surface area contributed by atoms with Crippen molar-refractivity contribution in [2.45, 2.75) is 0 Å². The van der Waals surface area contributed by atoms with Crippen LogP contribution in [0.2, 0.25) is 0 Å². The molecule has 1 heterocycles. The Bertz CT molecular complexity index is 401. The molecule has 0 aromatic carbocycles. The zero-order valence-corrected chi connectivity index (χ0v) is 5.16. The molecule has 0 bridgehead atoms. The lowest BCUT2D eigenvalue weighted by molar-refractivity contribution is 0.539. The molecule has 0 unspecified atom stereocenters. The summed E-state index contributed by atoms with van der Waals surface area (Å²) in [6, 6.07) is 0. The van der Waals surface area contributed by atoms with E-state index in [-0.39, 0.29) is 11.0 Å². The normalized spacial score (nSPS) is 9.45. The first-order chi connectivity index (χ1) is 5.15. The summed E-state index contributed by atoms with van der Waals surface area (Å²) >= 11 is 0. The second-order valence-electron chi connectivity index (χ2n) is 1.66. The molecule has 0 atom stereocenters. The molecule has 0 saturated carbocycles. The van der Waals surface area contributed by atoms with Crippen molar-refractivity contribution < 1.29 is 4.79 Å². The van der Waals surface area contributed by atoms with E-state index in [0.29, 0.717) is 0 Å². The fourth-order valence-electron chi connectivity index (χ4n) is 0.534. The van der Waals surface area contributed by atoms with Gasteiger partial charge < -0.3 is 0 Å². The first-order valence-corrected chi connectivity index (χ1v) is 2.55. The van der Waals surface area contributed by atoms with Gasteiger partial charge in [0.05, 0.1) is 0 Å². The average molecular weight is 157 g/mol. The highest BCUT2D eigenvalue weighted by Gasteiger charge is 1.98. The third kappa shape index (κ3) is 1.16. The van der Waals surface area contributed by atoms with E-state index in [0.717, 1.165) is 0 Å². The SMILES string of the molecule is O=Cn1c(=O)[nH]c(=O)[nH]c1=O. The zero-order chi connectivity index (χ0) is 8.43. The quantitative estimate of drug-likeness (QED) is 0.431. The smallest absolute Gasteiger partial charge is 0.278 e. The molecule has 1 rings (SSSR count). The zero-order valence-electron chi connectivity index (χ0n) is 5.16. The topological polar surface area (TPSA) is 105 Å². The molecular weight excluding hydrogens is 154 g/mol. The van der Waals surface area contributed by atoms with Gasteiger partial charge in [0.1, 0.15) is 0 Å². The number of carbonyl (C=O) groups is 1. The van der Waals surface area contributed by atoms with Crippen LogP contribution >= 0.6 is 0 Å². The van der Waals surface area contributed by atoms with Gasteiger partial charge in [0, 0.05) is 0 Å². The van der Waals surface area contributed by atoms with E-state index < -0.39 is 17.1 Å². The molecule has 0 aliphatic rings. The number of carbonyl (C=O) groups excluding carboxylic acids is 1. The third-order valence-corrected chi connectivity index (χ3v) is 0.984. The third-order valence-electron chi connectivity index (χ3n) is 0.984. The van der Waals surface area contributed by atoms with Crippen LogP contribution < -0.4 is 17.1 Å². The average Bonchev–Trinajstić information content (AvgIpc) is 1.85. The molecule has 1 aromatic heterocycles. The highest BCUT2D eigenvalue weighted by molar-refractivity contribution is 5.50. The Morgan fingerprint density at radius 2 is 1.55 bits per heavy atom. The first-order valence-electron chi connectivity index (χ1n) is 2.55. The molecule has 0 radical (unpaired) electrons. The number of nitrogens with zero attached hydrogens (tertiary/aromatic N) is 1. The van der Waals surface area contributed by atoms with E-state index in [2.05, 4.69) is 0 Å². The molecule has 11 heavy (non-hydrogen) atoms. The van der Waals surface area contributed by atoms with Crippen LogP contribution in [-0.4, -0.2) is 20.9 Å². The van der Waals surface area contributed by atoms with Gasteiger partial charge in [0.2, 0.25) is 6.41 Å². The van der Waals surface area contributed by atoms with Gasteiger partial charge in [-0.1, -0.05) is 0 Å². The van der Waals surface area contributed by atoms with Gasteiger partial charge >= 0.3 is 17.1 Å².